The Morgan fingerprint density at radius 2 is 1.90 bits per heavy atom. The Hall–Kier alpha value is -2.65. The number of amides is 2. The van der Waals surface area contributed by atoms with E-state index >= 15 is 0 Å². The van der Waals surface area contributed by atoms with Gasteiger partial charge in [0.05, 0.1) is 16.7 Å². The first-order valence-corrected chi connectivity index (χ1v) is 10.7. The number of halogens is 1. The predicted molar refractivity (Wildman–Crippen MR) is 117 cm³/mol. The highest BCUT2D eigenvalue weighted by Crippen LogP contribution is 2.20. The number of thioether (sulfide) groups is 1. The highest BCUT2D eigenvalue weighted by atomic mass is 79.9. The molecule has 0 atom stereocenters. The maximum absolute atomic E-state index is 12.8. The molecule has 2 N–H and O–H groups in total. The third-order valence-electron chi connectivity index (χ3n) is 4.01. The van der Waals surface area contributed by atoms with Crippen LogP contribution in [0.2, 0.25) is 0 Å². The van der Waals surface area contributed by atoms with Gasteiger partial charge in [-0.05, 0) is 36.8 Å². The molecule has 2 aromatic carbocycles. The van der Waals surface area contributed by atoms with Crippen molar-refractivity contribution in [2.24, 2.45) is 0 Å². The van der Waals surface area contributed by atoms with E-state index in [9.17, 15) is 14.4 Å². The summed E-state index contributed by atoms with van der Waals surface area (Å²) >= 11 is 4.53. The van der Waals surface area contributed by atoms with Crippen LogP contribution in [-0.4, -0.2) is 27.1 Å². The standard InChI is InChI=1S/C20H19BrN4O3S/c1-2-10-25-19(28)15-11-14(21)8-9-16(15)22-20(25)29-12-17(26)23-24-18(27)13-6-4-3-5-7-13/h3-9,11H,2,10,12H2,1H3,(H,23,26)(H,24,27). The van der Waals surface area contributed by atoms with Crippen LogP contribution >= 0.6 is 27.7 Å². The number of benzene rings is 2. The van der Waals surface area contributed by atoms with Crippen molar-refractivity contribution >= 4 is 50.4 Å². The van der Waals surface area contributed by atoms with Gasteiger partial charge in [-0.15, -0.1) is 0 Å². The molecular weight excluding hydrogens is 456 g/mol. The SMILES string of the molecule is CCCn1c(SCC(=O)NNC(=O)c2ccccc2)nc2ccc(Br)cc2c1=O. The van der Waals surface area contributed by atoms with Gasteiger partial charge in [0.15, 0.2) is 5.16 Å². The zero-order valence-corrected chi connectivity index (χ0v) is 18.0. The number of aromatic nitrogens is 2. The molecule has 7 nitrogen and oxygen atoms in total. The van der Waals surface area contributed by atoms with E-state index in [0.29, 0.717) is 28.2 Å². The predicted octanol–water partition coefficient (Wildman–Crippen LogP) is 3.12. The first-order chi connectivity index (χ1) is 14.0. The molecule has 0 aliphatic rings. The molecule has 1 aromatic heterocycles. The van der Waals surface area contributed by atoms with E-state index in [1.54, 1.807) is 47.0 Å². The lowest BCUT2D eigenvalue weighted by Crippen LogP contribution is -2.42. The lowest BCUT2D eigenvalue weighted by molar-refractivity contribution is -0.119. The van der Waals surface area contributed by atoms with Crippen molar-refractivity contribution < 1.29 is 9.59 Å². The van der Waals surface area contributed by atoms with Crippen LogP contribution in [0.15, 0.2) is 63.0 Å². The maximum atomic E-state index is 12.8. The van der Waals surface area contributed by atoms with Crippen LogP contribution < -0.4 is 16.4 Å². The molecule has 0 radical (unpaired) electrons. The van der Waals surface area contributed by atoms with Crippen molar-refractivity contribution in [3.05, 3.63) is 68.9 Å². The van der Waals surface area contributed by atoms with Crippen molar-refractivity contribution in [1.29, 1.82) is 0 Å². The van der Waals surface area contributed by atoms with E-state index in [1.807, 2.05) is 13.0 Å². The summed E-state index contributed by atoms with van der Waals surface area (Å²) in [6.45, 7) is 2.47. The largest absolute Gasteiger partial charge is 0.287 e. The van der Waals surface area contributed by atoms with Crippen LogP contribution in [-0.2, 0) is 11.3 Å². The first kappa shape index (κ1) is 21.1. The third kappa shape index (κ3) is 5.24. The fourth-order valence-corrected chi connectivity index (χ4v) is 3.84. The normalized spacial score (nSPS) is 10.7. The Labute approximate surface area is 180 Å². The van der Waals surface area contributed by atoms with Crippen molar-refractivity contribution in [3.8, 4) is 0 Å². The van der Waals surface area contributed by atoms with E-state index in [2.05, 4.69) is 31.8 Å². The number of hydrogen-bond donors (Lipinski definition) is 2. The number of nitrogens with zero attached hydrogens (tertiary/aromatic N) is 2. The Kier molecular flexibility index (Phi) is 7.05. The molecular formula is C20H19BrN4O3S. The summed E-state index contributed by atoms with van der Waals surface area (Å²) in [5, 5.41) is 0.993. The minimum Gasteiger partial charge on any atom is -0.287 e. The van der Waals surface area contributed by atoms with E-state index < -0.39 is 11.8 Å². The molecule has 3 rings (SSSR count). The summed E-state index contributed by atoms with van der Waals surface area (Å²) in [7, 11) is 0. The summed E-state index contributed by atoms with van der Waals surface area (Å²) in [4.78, 5) is 41.5. The van der Waals surface area contributed by atoms with Gasteiger partial charge in [0, 0.05) is 16.6 Å². The average molecular weight is 475 g/mol. The van der Waals surface area contributed by atoms with Crippen molar-refractivity contribution in [2.75, 3.05) is 5.75 Å². The molecule has 0 aliphatic carbocycles. The van der Waals surface area contributed by atoms with Gasteiger partial charge in [0.1, 0.15) is 0 Å². The minimum atomic E-state index is -0.402. The van der Waals surface area contributed by atoms with Gasteiger partial charge in [-0.1, -0.05) is 52.8 Å². The van der Waals surface area contributed by atoms with E-state index in [1.165, 1.54) is 0 Å². The van der Waals surface area contributed by atoms with Gasteiger partial charge >= 0.3 is 0 Å². The summed E-state index contributed by atoms with van der Waals surface area (Å²) in [6, 6.07) is 13.9. The van der Waals surface area contributed by atoms with E-state index in [0.717, 1.165) is 22.7 Å². The van der Waals surface area contributed by atoms with Crippen molar-refractivity contribution in [1.82, 2.24) is 20.4 Å². The number of hydrogen-bond acceptors (Lipinski definition) is 5. The minimum absolute atomic E-state index is 0.00720. The molecule has 29 heavy (non-hydrogen) atoms. The second-order valence-corrected chi connectivity index (χ2v) is 8.03. The molecule has 3 aromatic rings. The molecule has 0 fully saturated rings. The van der Waals surface area contributed by atoms with Gasteiger partial charge in [-0.2, -0.15) is 0 Å². The number of rotatable bonds is 6. The molecule has 0 spiro atoms. The number of nitrogens with one attached hydrogen (secondary N) is 2. The van der Waals surface area contributed by atoms with Crippen LogP contribution in [0.5, 0.6) is 0 Å². The quantitative estimate of drug-likeness (QED) is 0.325. The fraction of sp³-hybridized carbons (Fsp3) is 0.200. The molecule has 0 bridgehead atoms. The second-order valence-electron chi connectivity index (χ2n) is 6.17. The Balaban J connectivity index is 1.70. The zero-order chi connectivity index (χ0) is 20.8. The Morgan fingerprint density at radius 3 is 2.62 bits per heavy atom. The molecule has 0 aliphatic heterocycles. The van der Waals surface area contributed by atoms with Crippen LogP contribution in [0.1, 0.15) is 23.7 Å². The summed E-state index contributed by atoms with van der Waals surface area (Å²) in [5.41, 5.74) is 5.64. The number of fused-ring (bicyclic) bond motifs is 1. The zero-order valence-electron chi connectivity index (χ0n) is 15.6. The number of carbonyl (C=O) groups excluding carboxylic acids is 2. The van der Waals surface area contributed by atoms with Crippen molar-refractivity contribution in [2.45, 2.75) is 25.0 Å². The number of hydrazine groups is 1. The van der Waals surface area contributed by atoms with Gasteiger partial charge < -0.3 is 0 Å². The first-order valence-electron chi connectivity index (χ1n) is 8.96. The third-order valence-corrected chi connectivity index (χ3v) is 5.48. The van der Waals surface area contributed by atoms with Crippen LogP contribution in [0.25, 0.3) is 10.9 Å². The lowest BCUT2D eigenvalue weighted by atomic mass is 10.2. The van der Waals surface area contributed by atoms with Gasteiger partial charge in [0.25, 0.3) is 11.5 Å². The van der Waals surface area contributed by atoms with Crippen LogP contribution in [0.4, 0.5) is 0 Å². The topological polar surface area (TPSA) is 93.1 Å². The number of carbonyl (C=O) groups is 2. The molecule has 2 amide bonds. The molecule has 0 unspecified atom stereocenters. The monoisotopic (exact) mass is 474 g/mol. The Bertz CT molecular complexity index is 1100. The van der Waals surface area contributed by atoms with Gasteiger partial charge in [0.2, 0.25) is 5.91 Å². The average Bonchev–Trinajstić information content (AvgIpc) is 2.74. The van der Waals surface area contributed by atoms with Gasteiger partial charge in [-0.25, -0.2) is 4.98 Å². The van der Waals surface area contributed by atoms with E-state index in [-0.39, 0.29) is 11.3 Å². The smallest absolute Gasteiger partial charge is 0.269 e. The van der Waals surface area contributed by atoms with Crippen LogP contribution in [0, 0.1) is 0 Å². The molecule has 1 heterocycles. The molecule has 150 valence electrons. The summed E-state index contributed by atoms with van der Waals surface area (Å²) < 4.78 is 2.39. The van der Waals surface area contributed by atoms with E-state index in [4.69, 9.17) is 0 Å². The highest BCUT2D eigenvalue weighted by Gasteiger charge is 2.14. The Morgan fingerprint density at radius 1 is 1.14 bits per heavy atom. The van der Waals surface area contributed by atoms with Crippen LogP contribution in [0.3, 0.4) is 0 Å². The van der Waals surface area contributed by atoms with Gasteiger partial charge in [-0.3, -0.25) is 29.8 Å². The fourth-order valence-electron chi connectivity index (χ4n) is 2.66. The second kappa shape index (κ2) is 9.71. The molecule has 0 saturated heterocycles. The molecule has 0 saturated carbocycles. The molecule has 9 heteroatoms. The summed E-state index contributed by atoms with van der Waals surface area (Å²) in [5.74, 6) is -0.790. The maximum Gasteiger partial charge on any atom is 0.269 e. The van der Waals surface area contributed by atoms with Crippen molar-refractivity contribution in [3.63, 3.8) is 0 Å². The highest BCUT2D eigenvalue weighted by molar-refractivity contribution is 9.10. The summed E-state index contributed by atoms with van der Waals surface area (Å²) in [6.07, 6.45) is 0.758. The lowest BCUT2D eigenvalue weighted by Gasteiger charge is -2.12.